The minimum Gasteiger partial charge on any atom is -0.400 e. The Morgan fingerprint density at radius 1 is 0.920 bits per heavy atom. The molecule has 0 saturated carbocycles. The first-order valence-electron chi connectivity index (χ1n) is 8.37. The number of rotatable bonds is 1. The summed E-state index contributed by atoms with van der Waals surface area (Å²) in [5, 5.41) is 1.06. The van der Waals surface area contributed by atoms with Gasteiger partial charge in [-0.1, -0.05) is 36.4 Å². The normalized spacial score (nSPS) is 12.6. The Hall–Kier alpha value is -3.40. The molecule has 2 aromatic carbocycles. The second kappa shape index (κ2) is 4.57. The summed E-state index contributed by atoms with van der Waals surface area (Å²) in [5.74, 6) is 1.17. The highest BCUT2D eigenvalue weighted by atomic mass is 16.4. The van der Waals surface area contributed by atoms with Gasteiger partial charge in [0.15, 0.2) is 0 Å². The van der Waals surface area contributed by atoms with Crippen molar-refractivity contribution in [1.82, 2.24) is 9.55 Å². The molecule has 0 amide bonds. The molecule has 0 saturated heterocycles. The number of imidazole rings is 1. The summed E-state index contributed by atoms with van der Waals surface area (Å²) in [7, 11) is 0. The van der Waals surface area contributed by atoms with Gasteiger partial charge < -0.3 is 4.42 Å². The van der Waals surface area contributed by atoms with Crippen LogP contribution in [0.15, 0.2) is 77.3 Å². The van der Waals surface area contributed by atoms with Crippen molar-refractivity contribution in [3.05, 3.63) is 78.5 Å². The summed E-state index contributed by atoms with van der Waals surface area (Å²) in [4.78, 5) is 4.41. The molecule has 0 fully saturated rings. The Labute approximate surface area is 143 Å². The Balaban J connectivity index is 1.83. The van der Waals surface area contributed by atoms with E-state index in [1.807, 2.05) is 12.1 Å². The second-order valence-corrected chi connectivity index (χ2v) is 6.35. The number of hydrogen-bond acceptors (Lipinski definition) is 2. The number of aromatic nitrogens is 3. The minimum atomic E-state index is 0.684. The molecule has 118 valence electrons. The molecule has 0 atom stereocenters. The molecule has 25 heavy (non-hydrogen) atoms. The molecule has 0 unspecified atom stereocenters. The lowest BCUT2D eigenvalue weighted by atomic mass is 10.1. The maximum absolute atomic E-state index is 6.18. The van der Waals surface area contributed by atoms with E-state index in [0.29, 0.717) is 5.71 Å². The van der Waals surface area contributed by atoms with Crippen molar-refractivity contribution in [2.24, 2.45) is 0 Å². The summed E-state index contributed by atoms with van der Waals surface area (Å²) in [6.45, 7) is 0.853. The molecule has 0 spiro atoms. The largest absolute Gasteiger partial charge is 0.400 e. The monoisotopic (exact) mass is 324 g/mol. The molecule has 1 aliphatic heterocycles. The fourth-order valence-corrected chi connectivity index (χ4v) is 3.93. The smallest absolute Gasteiger partial charge is 0.346 e. The lowest BCUT2D eigenvalue weighted by molar-refractivity contribution is -0.645. The third-order valence-electron chi connectivity index (χ3n) is 4.96. The van der Waals surface area contributed by atoms with Crippen LogP contribution in [0.2, 0.25) is 0 Å². The first-order valence-corrected chi connectivity index (χ1v) is 8.37. The van der Waals surface area contributed by atoms with Crippen LogP contribution < -0.4 is 4.57 Å². The van der Waals surface area contributed by atoms with Crippen molar-refractivity contribution in [2.45, 2.75) is 6.54 Å². The van der Waals surface area contributed by atoms with Crippen LogP contribution in [0.25, 0.3) is 39.4 Å². The molecule has 1 aliphatic rings. The van der Waals surface area contributed by atoms with Gasteiger partial charge in [-0.2, -0.15) is 4.57 Å². The number of fused-ring (bicyclic) bond motifs is 7. The van der Waals surface area contributed by atoms with Crippen LogP contribution in [0, 0.1) is 0 Å². The van der Waals surface area contributed by atoms with E-state index in [9.17, 15) is 0 Å². The number of furan rings is 1. The molecule has 0 N–H and O–H groups in total. The van der Waals surface area contributed by atoms with Gasteiger partial charge in [-0.3, -0.25) is 0 Å². The molecule has 4 heteroatoms. The fourth-order valence-electron chi connectivity index (χ4n) is 3.93. The zero-order valence-electron chi connectivity index (χ0n) is 13.4. The molecular weight excluding hydrogens is 310 g/mol. The highest BCUT2D eigenvalue weighted by molar-refractivity contribution is 5.99. The van der Waals surface area contributed by atoms with Gasteiger partial charge in [0, 0.05) is 11.8 Å². The molecule has 5 aromatic rings. The van der Waals surface area contributed by atoms with Crippen molar-refractivity contribution in [2.75, 3.05) is 0 Å². The Morgan fingerprint density at radius 2 is 1.76 bits per heavy atom. The molecule has 6 rings (SSSR count). The van der Waals surface area contributed by atoms with E-state index >= 15 is 0 Å². The minimum absolute atomic E-state index is 0.684. The SMILES string of the molecule is c1ccc(-n2c3[n+](c4c5cccnc5oc42)Cc2ccccc2-3)cc1. The molecule has 4 nitrogen and oxygen atoms in total. The zero-order valence-corrected chi connectivity index (χ0v) is 13.4. The summed E-state index contributed by atoms with van der Waals surface area (Å²) >= 11 is 0. The first kappa shape index (κ1) is 13.0. The maximum atomic E-state index is 6.18. The number of pyridine rings is 1. The fraction of sp³-hybridized carbons (Fsp3) is 0.0476. The average Bonchev–Trinajstić information content (AvgIpc) is 3.29. The summed E-state index contributed by atoms with van der Waals surface area (Å²) in [6, 6.07) is 23.0. The molecular formula is C21H14N3O+. The van der Waals surface area contributed by atoms with Crippen molar-refractivity contribution >= 4 is 22.3 Å². The van der Waals surface area contributed by atoms with Gasteiger partial charge >= 0.3 is 5.71 Å². The van der Waals surface area contributed by atoms with E-state index < -0.39 is 0 Å². The second-order valence-electron chi connectivity index (χ2n) is 6.35. The number of para-hydroxylation sites is 1. The van der Waals surface area contributed by atoms with Crippen molar-refractivity contribution in [3.8, 4) is 17.1 Å². The van der Waals surface area contributed by atoms with Crippen LogP contribution in [0.1, 0.15) is 5.56 Å². The number of benzene rings is 2. The van der Waals surface area contributed by atoms with Gasteiger partial charge in [0.1, 0.15) is 12.2 Å². The van der Waals surface area contributed by atoms with Gasteiger partial charge in [-0.15, -0.1) is 0 Å². The van der Waals surface area contributed by atoms with E-state index in [-0.39, 0.29) is 0 Å². The van der Waals surface area contributed by atoms with E-state index in [1.54, 1.807) is 6.20 Å². The molecule has 0 radical (unpaired) electrons. The first-order chi connectivity index (χ1) is 12.4. The van der Waals surface area contributed by atoms with Crippen LogP contribution in [-0.4, -0.2) is 9.55 Å². The maximum Gasteiger partial charge on any atom is 0.346 e. The van der Waals surface area contributed by atoms with Gasteiger partial charge in [0.2, 0.25) is 11.2 Å². The van der Waals surface area contributed by atoms with Gasteiger partial charge in [-0.25, -0.2) is 9.55 Å². The molecule has 3 aromatic heterocycles. The van der Waals surface area contributed by atoms with E-state index in [0.717, 1.165) is 28.8 Å². The third-order valence-corrected chi connectivity index (χ3v) is 4.96. The van der Waals surface area contributed by atoms with E-state index in [1.165, 1.54) is 17.0 Å². The van der Waals surface area contributed by atoms with E-state index in [4.69, 9.17) is 4.42 Å². The third kappa shape index (κ3) is 1.61. The Morgan fingerprint density at radius 3 is 2.68 bits per heavy atom. The topological polar surface area (TPSA) is 34.8 Å². The molecule has 0 aliphatic carbocycles. The van der Waals surface area contributed by atoms with Crippen LogP contribution in [0.3, 0.4) is 0 Å². The summed E-state index contributed by atoms with van der Waals surface area (Å²) < 4.78 is 10.7. The van der Waals surface area contributed by atoms with Crippen molar-refractivity contribution in [1.29, 1.82) is 0 Å². The van der Waals surface area contributed by atoms with Crippen molar-refractivity contribution in [3.63, 3.8) is 0 Å². The average molecular weight is 324 g/mol. The van der Waals surface area contributed by atoms with Gasteiger partial charge in [0.25, 0.3) is 5.82 Å². The predicted molar refractivity (Wildman–Crippen MR) is 95.6 cm³/mol. The highest BCUT2D eigenvalue weighted by Gasteiger charge is 2.38. The highest BCUT2D eigenvalue weighted by Crippen LogP contribution is 2.37. The summed E-state index contributed by atoms with van der Waals surface area (Å²) in [5.41, 5.74) is 6.33. The lowest BCUT2D eigenvalue weighted by Crippen LogP contribution is -2.31. The number of nitrogens with zero attached hydrogens (tertiary/aromatic N) is 3. The zero-order chi connectivity index (χ0) is 16.4. The lowest BCUT2D eigenvalue weighted by Gasteiger charge is -2.00. The van der Waals surface area contributed by atoms with E-state index in [2.05, 4.69) is 68.7 Å². The quantitative estimate of drug-likeness (QED) is 0.427. The molecule has 4 heterocycles. The number of hydrogen-bond donors (Lipinski definition) is 0. The van der Waals surface area contributed by atoms with Crippen LogP contribution in [0.5, 0.6) is 0 Å². The van der Waals surface area contributed by atoms with Crippen LogP contribution in [0.4, 0.5) is 0 Å². The van der Waals surface area contributed by atoms with Gasteiger partial charge in [-0.05, 0) is 30.3 Å². The molecule has 0 bridgehead atoms. The Bertz CT molecular complexity index is 1260. The summed E-state index contributed by atoms with van der Waals surface area (Å²) in [6.07, 6.45) is 1.78. The Kier molecular flexibility index (Phi) is 2.37. The predicted octanol–water partition coefficient (Wildman–Crippen LogP) is 4.09. The van der Waals surface area contributed by atoms with Crippen LogP contribution in [-0.2, 0) is 6.54 Å². The van der Waals surface area contributed by atoms with Crippen molar-refractivity contribution < 1.29 is 8.98 Å². The van der Waals surface area contributed by atoms with Gasteiger partial charge in [0.05, 0.1) is 10.9 Å². The van der Waals surface area contributed by atoms with Crippen LogP contribution >= 0.6 is 0 Å². The standard InChI is InChI=1S/C21H14N3O/c1-2-8-15(9-3-1)24-20-16-10-5-4-7-14(16)13-23(20)18-17-11-6-12-22-19(17)25-21(18)24/h1-12H,13H2/q+1.